The van der Waals surface area contributed by atoms with Gasteiger partial charge in [-0.05, 0) is 56.8 Å². The SMILES string of the molecule is CCOc1cc(C)c(Cl)cc1C(=O)CN1CCCC(C)C1. The largest absolute Gasteiger partial charge is 0.493 e. The van der Waals surface area contributed by atoms with Crippen molar-refractivity contribution in [2.24, 2.45) is 5.92 Å². The molecule has 0 N–H and O–H groups in total. The van der Waals surface area contributed by atoms with Crippen LogP contribution in [0.3, 0.4) is 0 Å². The Morgan fingerprint density at radius 1 is 1.48 bits per heavy atom. The van der Waals surface area contributed by atoms with Gasteiger partial charge in [-0.25, -0.2) is 0 Å². The molecule has 0 spiro atoms. The van der Waals surface area contributed by atoms with E-state index in [9.17, 15) is 4.79 Å². The number of hydrogen-bond acceptors (Lipinski definition) is 3. The van der Waals surface area contributed by atoms with Crippen molar-refractivity contribution in [1.82, 2.24) is 4.90 Å². The molecule has 2 rings (SSSR count). The van der Waals surface area contributed by atoms with E-state index in [4.69, 9.17) is 16.3 Å². The number of likely N-dealkylation sites (tertiary alicyclic amines) is 1. The molecule has 1 saturated heterocycles. The number of piperidine rings is 1. The van der Waals surface area contributed by atoms with Crippen LogP contribution in [0.15, 0.2) is 12.1 Å². The second kappa shape index (κ2) is 7.28. The molecule has 1 aromatic rings. The van der Waals surface area contributed by atoms with Crippen molar-refractivity contribution >= 4 is 17.4 Å². The minimum Gasteiger partial charge on any atom is -0.493 e. The Balaban J connectivity index is 2.15. The van der Waals surface area contributed by atoms with E-state index in [-0.39, 0.29) is 5.78 Å². The summed E-state index contributed by atoms with van der Waals surface area (Å²) in [6.07, 6.45) is 2.42. The van der Waals surface area contributed by atoms with Crippen LogP contribution < -0.4 is 4.74 Å². The molecule has 1 aromatic carbocycles. The number of nitrogens with zero attached hydrogens (tertiary/aromatic N) is 1. The van der Waals surface area contributed by atoms with Gasteiger partial charge in [-0.2, -0.15) is 0 Å². The zero-order chi connectivity index (χ0) is 15.4. The highest BCUT2D eigenvalue weighted by molar-refractivity contribution is 6.31. The molecule has 0 aromatic heterocycles. The third-order valence-electron chi connectivity index (χ3n) is 3.97. The molecule has 0 aliphatic carbocycles. The fourth-order valence-corrected chi connectivity index (χ4v) is 3.03. The maximum atomic E-state index is 12.6. The topological polar surface area (TPSA) is 29.5 Å². The molecule has 1 fully saturated rings. The quantitative estimate of drug-likeness (QED) is 0.771. The molecule has 0 bridgehead atoms. The van der Waals surface area contributed by atoms with Gasteiger partial charge in [0.1, 0.15) is 5.75 Å². The number of carbonyl (C=O) groups excluding carboxylic acids is 1. The first-order valence-electron chi connectivity index (χ1n) is 7.69. The van der Waals surface area contributed by atoms with Gasteiger partial charge in [0.15, 0.2) is 5.78 Å². The zero-order valence-corrected chi connectivity index (χ0v) is 13.9. The summed E-state index contributed by atoms with van der Waals surface area (Å²) >= 11 is 6.17. The molecule has 21 heavy (non-hydrogen) atoms. The Hall–Kier alpha value is -1.06. The van der Waals surface area contributed by atoms with E-state index in [1.807, 2.05) is 19.9 Å². The Bertz CT molecular complexity index is 516. The third-order valence-corrected chi connectivity index (χ3v) is 4.38. The zero-order valence-electron chi connectivity index (χ0n) is 13.1. The van der Waals surface area contributed by atoms with E-state index in [2.05, 4.69) is 11.8 Å². The molecule has 1 aliphatic rings. The Morgan fingerprint density at radius 3 is 2.90 bits per heavy atom. The second-order valence-electron chi connectivity index (χ2n) is 5.94. The number of Topliss-reactive ketones (excluding diaryl/α,β-unsaturated/α-hetero) is 1. The molecule has 0 radical (unpaired) electrons. The minimum atomic E-state index is 0.0921. The van der Waals surface area contributed by atoms with Crippen LogP contribution >= 0.6 is 11.6 Å². The predicted molar refractivity (Wildman–Crippen MR) is 86.5 cm³/mol. The van der Waals surface area contributed by atoms with Gasteiger partial charge in [0, 0.05) is 11.6 Å². The van der Waals surface area contributed by atoms with Gasteiger partial charge in [-0.3, -0.25) is 9.69 Å². The molecular formula is C17H24ClNO2. The smallest absolute Gasteiger partial charge is 0.180 e. The summed E-state index contributed by atoms with van der Waals surface area (Å²) in [5.41, 5.74) is 1.54. The molecule has 1 heterocycles. The maximum Gasteiger partial charge on any atom is 0.180 e. The molecular weight excluding hydrogens is 286 g/mol. The molecule has 0 saturated carbocycles. The molecule has 0 amide bonds. The van der Waals surface area contributed by atoms with Crippen molar-refractivity contribution < 1.29 is 9.53 Å². The van der Waals surface area contributed by atoms with E-state index in [0.717, 1.165) is 18.7 Å². The summed E-state index contributed by atoms with van der Waals surface area (Å²) in [5.74, 6) is 1.41. The van der Waals surface area contributed by atoms with Gasteiger partial charge in [0.25, 0.3) is 0 Å². The van der Waals surface area contributed by atoms with Gasteiger partial charge in [-0.15, -0.1) is 0 Å². The average molecular weight is 310 g/mol. The number of halogens is 1. The lowest BCUT2D eigenvalue weighted by atomic mass is 9.99. The highest BCUT2D eigenvalue weighted by atomic mass is 35.5. The average Bonchev–Trinajstić information content (AvgIpc) is 2.43. The van der Waals surface area contributed by atoms with Crippen molar-refractivity contribution in [3.63, 3.8) is 0 Å². The standard InChI is InChI=1S/C17H24ClNO2/c1-4-21-17-8-13(3)15(18)9-14(17)16(20)11-19-7-5-6-12(2)10-19/h8-9,12H,4-7,10-11H2,1-3H3. The van der Waals surface area contributed by atoms with Crippen LogP contribution in [0.5, 0.6) is 5.75 Å². The molecule has 1 aliphatic heterocycles. The summed E-state index contributed by atoms with van der Waals surface area (Å²) in [7, 11) is 0. The molecule has 1 atom stereocenters. The number of rotatable bonds is 5. The highest BCUT2D eigenvalue weighted by Crippen LogP contribution is 2.28. The van der Waals surface area contributed by atoms with Crippen molar-refractivity contribution in [1.29, 1.82) is 0 Å². The Morgan fingerprint density at radius 2 is 2.24 bits per heavy atom. The molecule has 3 nitrogen and oxygen atoms in total. The van der Waals surface area contributed by atoms with Gasteiger partial charge < -0.3 is 4.74 Å². The second-order valence-corrected chi connectivity index (χ2v) is 6.34. The first kappa shape index (κ1) is 16.3. The van der Waals surface area contributed by atoms with Crippen LogP contribution in [0, 0.1) is 12.8 Å². The number of aryl methyl sites for hydroxylation is 1. The van der Waals surface area contributed by atoms with Gasteiger partial charge >= 0.3 is 0 Å². The van der Waals surface area contributed by atoms with E-state index >= 15 is 0 Å². The van der Waals surface area contributed by atoms with Crippen LogP contribution in [-0.4, -0.2) is 36.9 Å². The summed E-state index contributed by atoms with van der Waals surface area (Å²) in [4.78, 5) is 14.8. The van der Waals surface area contributed by atoms with Crippen molar-refractivity contribution in [2.45, 2.75) is 33.6 Å². The lowest BCUT2D eigenvalue weighted by Crippen LogP contribution is -2.38. The van der Waals surface area contributed by atoms with Gasteiger partial charge in [0.05, 0.1) is 18.7 Å². The first-order chi connectivity index (χ1) is 10.0. The fraction of sp³-hybridized carbons (Fsp3) is 0.588. The van der Waals surface area contributed by atoms with Crippen LogP contribution in [0.1, 0.15) is 42.6 Å². The van der Waals surface area contributed by atoms with E-state index in [1.54, 1.807) is 6.07 Å². The highest BCUT2D eigenvalue weighted by Gasteiger charge is 2.21. The molecule has 1 unspecified atom stereocenters. The van der Waals surface area contributed by atoms with Gasteiger partial charge in [0.2, 0.25) is 0 Å². The fourth-order valence-electron chi connectivity index (χ4n) is 2.87. The van der Waals surface area contributed by atoms with Crippen molar-refractivity contribution in [3.05, 3.63) is 28.3 Å². The van der Waals surface area contributed by atoms with Crippen molar-refractivity contribution in [3.8, 4) is 5.75 Å². The Kier molecular flexibility index (Phi) is 5.65. The number of carbonyl (C=O) groups is 1. The summed E-state index contributed by atoms with van der Waals surface area (Å²) in [5, 5.41) is 0.619. The van der Waals surface area contributed by atoms with E-state index < -0.39 is 0 Å². The van der Waals surface area contributed by atoms with Crippen LogP contribution in [-0.2, 0) is 0 Å². The van der Waals surface area contributed by atoms with Crippen LogP contribution in [0.4, 0.5) is 0 Å². The number of benzene rings is 1. The number of ketones is 1. The summed E-state index contributed by atoms with van der Waals surface area (Å²) in [6, 6.07) is 3.61. The van der Waals surface area contributed by atoms with Crippen LogP contribution in [0.2, 0.25) is 5.02 Å². The maximum absolute atomic E-state index is 12.6. The van der Waals surface area contributed by atoms with Gasteiger partial charge in [-0.1, -0.05) is 18.5 Å². The number of hydrogen-bond donors (Lipinski definition) is 0. The molecule has 4 heteroatoms. The third kappa shape index (κ3) is 4.21. The Labute approximate surface area is 132 Å². The van der Waals surface area contributed by atoms with Crippen molar-refractivity contribution in [2.75, 3.05) is 26.2 Å². The predicted octanol–water partition coefficient (Wildman–Crippen LogP) is 3.96. The molecule has 116 valence electrons. The monoisotopic (exact) mass is 309 g/mol. The summed E-state index contributed by atoms with van der Waals surface area (Å²) < 4.78 is 5.61. The lowest BCUT2D eigenvalue weighted by molar-refractivity contribution is 0.0889. The minimum absolute atomic E-state index is 0.0921. The first-order valence-corrected chi connectivity index (χ1v) is 8.07. The normalized spacial score (nSPS) is 19.5. The van der Waals surface area contributed by atoms with Crippen LogP contribution in [0.25, 0.3) is 0 Å². The van der Waals surface area contributed by atoms with E-state index in [1.165, 1.54) is 12.8 Å². The summed E-state index contributed by atoms with van der Waals surface area (Å²) in [6.45, 7) is 9.07. The van der Waals surface area contributed by atoms with E-state index in [0.29, 0.717) is 35.4 Å². The lowest BCUT2D eigenvalue weighted by Gasteiger charge is -2.30. The number of ether oxygens (including phenoxy) is 1.